The third-order valence-corrected chi connectivity index (χ3v) is 9.96. The van der Waals surface area contributed by atoms with Crippen molar-refractivity contribution in [2.75, 3.05) is 38.6 Å². The first kappa shape index (κ1) is 28.2. The molecule has 41 heavy (non-hydrogen) atoms. The number of fused-ring (bicyclic) bond motifs is 1. The van der Waals surface area contributed by atoms with E-state index in [1.165, 1.54) is 19.3 Å². The Labute approximate surface area is 243 Å². The monoisotopic (exact) mass is 564 g/mol. The van der Waals surface area contributed by atoms with E-state index in [0.717, 1.165) is 57.7 Å². The molecule has 5 aliphatic rings. The van der Waals surface area contributed by atoms with E-state index in [2.05, 4.69) is 22.5 Å². The van der Waals surface area contributed by atoms with Crippen LogP contribution in [0.1, 0.15) is 58.3 Å². The molecule has 1 spiro atoms. The maximum atomic E-state index is 14.2. The molecular weight excluding hydrogens is 520 g/mol. The summed E-state index contributed by atoms with van der Waals surface area (Å²) >= 11 is 0. The zero-order valence-corrected chi connectivity index (χ0v) is 24.3. The van der Waals surface area contributed by atoms with Gasteiger partial charge in [0.2, 0.25) is 17.7 Å². The summed E-state index contributed by atoms with van der Waals surface area (Å²) in [6, 6.07) is 6.51. The molecule has 1 aromatic carbocycles. The number of benzene rings is 1. The van der Waals surface area contributed by atoms with E-state index in [1.807, 2.05) is 24.3 Å². The van der Waals surface area contributed by atoms with E-state index in [9.17, 15) is 14.4 Å². The lowest BCUT2D eigenvalue weighted by atomic mass is 9.74. The molecule has 1 aliphatic carbocycles. The quantitative estimate of drug-likeness (QED) is 0.447. The molecule has 6 rings (SSSR count). The second-order valence-electron chi connectivity index (χ2n) is 12.7. The van der Waals surface area contributed by atoms with Gasteiger partial charge in [-0.15, -0.1) is 0 Å². The molecule has 9 nitrogen and oxygen atoms in total. The zero-order valence-electron chi connectivity index (χ0n) is 24.3. The van der Waals surface area contributed by atoms with Crippen LogP contribution < -0.4 is 15.4 Å². The number of ether oxygens (including phenoxy) is 2. The van der Waals surface area contributed by atoms with Crippen molar-refractivity contribution >= 4 is 23.4 Å². The van der Waals surface area contributed by atoms with Crippen molar-refractivity contribution in [2.24, 2.45) is 17.8 Å². The molecule has 4 aliphatic heterocycles. The molecule has 1 aromatic rings. The standard InChI is InChI=1S/C32H44N4O5/c1-21-13-18-35(19-14-21)16-7-17-36-28(30(38)33-22-8-4-3-5-9-22)32-15-12-25(41-32)26(27(32)31(36)39)29(37)34-23-10-6-11-24(20-23)40-2/h6,10-12,15,20-22,25-28H,3-5,7-9,13-14,16-19H2,1-2H3,(H,33,38)(H,34,37)/t25-,26-,27-,28-,32-/m0/s1. The zero-order chi connectivity index (χ0) is 28.6. The highest BCUT2D eigenvalue weighted by atomic mass is 16.5. The Bertz CT molecular complexity index is 1170. The van der Waals surface area contributed by atoms with Crippen molar-refractivity contribution in [3.05, 3.63) is 36.4 Å². The molecule has 2 bridgehead atoms. The normalized spacial score (nSPS) is 31.9. The molecule has 1 saturated carbocycles. The number of piperidine rings is 1. The van der Waals surface area contributed by atoms with Crippen LogP contribution in [-0.2, 0) is 19.1 Å². The molecule has 0 unspecified atom stereocenters. The van der Waals surface area contributed by atoms with Gasteiger partial charge in [0.1, 0.15) is 17.4 Å². The summed E-state index contributed by atoms with van der Waals surface area (Å²) in [5.41, 5.74) is -0.530. The highest BCUT2D eigenvalue weighted by molar-refractivity contribution is 6.02. The molecule has 3 saturated heterocycles. The number of methoxy groups -OCH3 is 1. The number of hydrogen-bond acceptors (Lipinski definition) is 6. The van der Waals surface area contributed by atoms with Crippen molar-refractivity contribution in [3.8, 4) is 5.75 Å². The SMILES string of the molecule is COc1cccc(NC(=O)[C@H]2[C@@H]3C=C[C@]4(O3)[C@@H]2C(=O)N(CCCN2CCC(C)CC2)[C@H]4C(=O)NC2CCCCC2)c1. The molecule has 5 atom stereocenters. The molecule has 3 amide bonds. The van der Waals surface area contributed by atoms with Crippen LogP contribution >= 0.6 is 0 Å². The molecule has 4 fully saturated rings. The van der Waals surface area contributed by atoms with Crippen LogP contribution in [0.4, 0.5) is 5.69 Å². The van der Waals surface area contributed by atoms with Crippen LogP contribution in [0.3, 0.4) is 0 Å². The maximum Gasteiger partial charge on any atom is 0.246 e. The van der Waals surface area contributed by atoms with Gasteiger partial charge in [-0.2, -0.15) is 0 Å². The average Bonchev–Trinajstić information content (AvgIpc) is 3.62. The number of nitrogens with one attached hydrogen (secondary N) is 2. The number of hydrogen-bond donors (Lipinski definition) is 2. The topological polar surface area (TPSA) is 100 Å². The summed E-state index contributed by atoms with van der Waals surface area (Å²) in [5.74, 6) is -0.634. The predicted octanol–water partition coefficient (Wildman–Crippen LogP) is 3.36. The third kappa shape index (κ3) is 5.39. The first-order chi connectivity index (χ1) is 19.9. The number of carbonyl (C=O) groups is 3. The van der Waals surface area contributed by atoms with Crippen molar-refractivity contribution in [2.45, 2.75) is 82.1 Å². The van der Waals surface area contributed by atoms with E-state index in [0.29, 0.717) is 18.0 Å². The van der Waals surface area contributed by atoms with Crippen LogP contribution in [0.5, 0.6) is 5.75 Å². The Kier molecular flexibility index (Phi) is 8.10. The van der Waals surface area contributed by atoms with Gasteiger partial charge < -0.3 is 29.9 Å². The summed E-state index contributed by atoms with van der Waals surface area (Å²) in [5, 5.41) is 6.25. The Morgan fingerprint density at radius 1 is 1.07 bits per heavy atom. The Balaban J connectivity index is 1.22. The van der Waals surface area contributed by atoms with Crippen LogP contribution in [-0.4, -0.2) is 84.6 Å². The average molecular weight is 565 g/mol. The molecule has 0 radical (unpaired) electrons. The maximum absolute atomic E-state index is 14.2. The van der Waals surface area contributed by atoms with Crippen molar-refractivity contribution < 1.29 is 23.9 Å². The number of likely N-dealkylation sites (tertiary alicyclic amines) is 2. The van der Waals surface area contributed by atoms with Gasteiger partial charge in [-0.25, -0.2) is 0 Å². The molecule has 4 heterocycles. The van der Waals surface area contributed by atoms with E-state index in [-0.39, 0.29) is 23.8 Å². The Morgan fingerprint density at radius 3 is 2.61 bits per heavy atom. The number of carbonyl (C=O) groups excluding carboxylic acids is 3. The molecule has 0 aromatic heterocycles. The first-order valence-corrected chi connectivity index (χ1v) is 15.5. The minimum atomic E-state index is -1.13. The summed E-state index contributed by atoms with van der Waals surface area (Å²) in [6.07, 6.45) is 11.7. The largest absolute Gasteiger partial charge is 0.497 e. The van der Waals surface area contributed by atoms with E-state index in [1.54, 1.807) is 24.1 Å². The Morgan fingerprint density at radius 2 is 1.85 bits per heavy atom. The van der Waals surface area contributed by atoms with Crippen LogP contribution in [0, 0.1) is 17.8 Å². The number of rotatable bonds is 9. The predicted molar refractivity (Wildman–Crippen MR) is 155 cm³/mol. The smallest absolute Gasteiger partial charge is 0.246 e. The second kappa shape index (κ2) is 11.8. The fourth-order valence-electron chi connectivity index (χ4n) is 7.71. The van der Waals surface area contributed by atoms with Crippen molar-refractivity contribution in [1.82, 2.24) is 15.1 Å². The van der Waals surface area contributed by atoms with Gasteiger partial charge in [-0.3, -0.25) is 14.4 Å². The lowest BCUT2D eigenvalue weighted by Gasteiger charge is -2.35. The summed E-state index contributed by atoms with van der Waals surface area (Å²) in [6.45, 7) is 5.82. The van der Waals surface area contributed by atoms with Gasteiger partial charge >= 0.3 is 0 Å². The lowest BCUT2D eigenvalue weighted by molar-refractivity contribution is -0.141. The minimum Gasteiger partial charge on any atom is -0.497 e. The first-order valence-electron chi connectivity index (χ1n) is 15.5. The van der Waals surface area contributed by atoms with Gasteiger partial charge in [0.15, 0.2) is 0 Å². The number of amides is 3. The van der Waals surface area contributed by atoms with Gasteiger partial charge in [-0.1, -0.05) is 44.4 Å². The Hall–Kier alpha value is -2.91. The summed E-state index contributed by atoms with van der Waals surface area (Å²) < 4.78 is 11.8. The third-order valence-electron chi connectivity index (χ3n) is 9.96. The fourth-order valence-corrected chi connectivity index (χ4v) is 7.71. The summed E-state index contributed by atoms with van der Waals surface area (Å²) in [4.78, 5) is 46.1. The van der Waals surface area contributed by atoms with Gasteiger partial charge in [0.25, 0.3) is 0 Å². The molecule has 9 heteroatoms. The molecule has 2 N–H and O–H groups in total. The van der Waals surface area contributed by atoms with Crippen molar-refractivity contribution in [1.29, 1.82) is 0 Å². The van der Waals surface area contributed by atoms with E-state index < -0.39 is 29.6 Å². The van der Waals surface area contributed by atoms with Crippen molar-refractivity contribution in [3.63, 3.8) is 0 Å². The second-order valence-corrected chi connectivity index (χ2v) is 12.7. The van der Waals surface area contributed by atoms with Crippen LogP contribution in [0.2, 0.25) is 0 Å². The minimum absolute atomic E-state index is 0.119. The van der Waals surface area contributed by atoms with E-state index in [4.69, 9.17) is 9.47 Å². The van der Waals surface area contributed by atoms with Gasteiger partial charge in [-0.05, 0) is 69.8 Å². The summed E-state index contributed by atoms with van der Waals surface area (Å²) in [7, 11) is 1.58. The highest BCUT2D eigenvalue weighted by Crippen LogP contribution is 2.55. The lowest BCUT2D eigenvalue weighted by Crippen LogP contribution is -2.56. The van der Waals surface area contributed by atoms with Crippen LogP contribution in [0.15, 0.2) is 36.4 Å². The number of nitrogens with zero attached hydrogens (tertiary/aromatic N) is 2. The van der Waals surface area contributed by atoms with E-state index >= 15 is 0 Å². The molecular formula is C32H44N4O5. The number of anilines is 1. The van der Waals surface area contributed by atoms with Gasteiger partial charge in [0.05, 0.1) is 25.0 Å². The fraction of sp³-hybridized carbons (Fsp3) is 0.656. The van der Waals surface area contributed by atoms with Crippen LogP contribution in [0.25, 0.3) is 0 Å². The molecule has 222 valence electrons. The van der Waals surface area contributed by atoms with Gasteiger partial charge in [0, 0.05) is 24.3 Å². The highest BCUT2D eigenvalue weighted by Gasteiger charge is 2.72.